The Morgan fingerprint density at radius 1 is 1.33 bits per heavy atom. The second kappa shape index (κ2) is 8.67. The standard InChI is InChI=1S/C19H21FN2O4S/c20-14-5-3-4-13(10-14)11-16-18(25)22(19(26)27-16)12-17(24)21-8-2-1-6-15(21)7-9-23/h3-5,10-11,15,23H,1-2,6-9,12H2/b16-11-. The first-order valence-corrected chi connectivity index (χ1v) is 9.72. The summed E-state index contributed by atoms with van der Waals surface area (Å²) in [4.78, 5) is 40.2. The van der Waals surface area contributed by atoms with E-state index in [1.165, 1.54) is 24.3 Å². The predicted octanol–water partition coefficient (Wildman–Crippen LogP) is 2.63. The summed E-state index contributed by atoms with van der Waals surface area (Å²) >= 11 is 0.748. The molecule has 0 radical (unpaired) electrons. The Hall–Kier alpha value is -2.19. The number of carbonyl (C=O) groups excluding carboxylic acids is 3. The van der Waals surface area contributed by atoms with Crippen molar-refractivity contribution < 1.29 is 23.9 Å². The van der Waals surface area contributed by atoms with Gasteiger partial charge in [-0.25, -0.2) is 4.39 Å². The van der Waals surface area contributed by atoms with E-state index in [1.54, 1.807) is 11.0 Å². The molecule has 2 fully saturated rings. The molecule has 27 heavy (non-hydrogen) atoms. The number of aliphatic hydroxyl groups excluding tert-OH is 1. The molecular weight excluding hydrogens is 371 g/mol. The third-order valence-electron chi connectivity index (χ3n) is 4.72. The van der Waals surface area contributed by atoms with Gasteiger partial charge in [-0.2, -0.15) is 0 Å². The number of aliphatic hydroxyl groups is 1. The molecular formula is C19H21FN2O4S. The molecule has 2 saturated heterocycles. The first-order chi connectivity index (χ1) is 13.0. The largest absolute Gasteiger partial charge is 0.396 e. The van der Waals surface area contributed by atoms with Crippen LogP contribution in [0.25, 0.3) is 6.08 Å². The van der Waals surface area contributed by atoms with Gasteiger partial charge in [0.25, 0.3) is 11.1 Å². The Kier molecular flexibility index (Phi) is 6.28. The van der Waals surface area contributed by atoms with Crippen molar-refractivity contribution in [2.75, 3.05) is 19.7 Å². The lowest BCUT2D eigenvalue weighted by Crippen LogP contribution is -2.49. The fraction of sp³-hybridized carbons (Fsp3) is 0.421. The summed E-state index contributed by atoms with van der Waals surface area (Å²) in [5.74, 6) is -1.26. The number of benzene rings is 1. The predicted molar refractivity (Wildman–Crippen MR) is 100 cm³/mol. The van der Waals surface area contributed by atoms with Crippen LogP contribution in [-0.2, 0) is 9.59 Å². The molecule has 2 heterocycles. The van der Waals surface area contributed by atoms with Crippen LogP contribution in [-0.4, -0.2) is 57.7 Å². The highest BCUT2D eigenvalue weighted by Gasteiger charge is 2.38. The number of hydrogen-bond donors (Lipinski definition) is 1. The zero-order chi connectivity index (χ0) is 19.4. The van der Waals surface area contributed by atoms with E-state index in [4.69, 9.17) is 0 Å². The van der Waals surface area contributed by atoms with E-state index in [0.717, 1.165) is 35.9 Å². The third-order valence-corrected chi connectivity index (χ3v) is 5.63. The highest BCUT2D eigenvalue weighted by Crippen LogP contribution is 2.32. The van der Waals surface area contributed by atoms with Gasteiger partial charge >= 0.3 is 0 Å². The summed E-state index contributed by atoms with van der Waals surface area (Å²) in [6.45, 7) is 0.248. The molecule has 0 bridgehead atoms. The molecule has 1 unspecified atom stereocenters. The fourth-order valence-electron chi connectivity index (χ4n) is 3.39. The molecule has 2 aliphatic heterocycles. The molecule has 144 valence electrons. The van der Waals surface area contributed by atoms with Crippen LogP contribution in [0.15, 0.2) is 29.2 Å². The molecule has 0 spiro atoms. The van der Waals surface area contributed by atoms with Crippen LogP contribution in [0.2, 0.25) is 0 Å². The number of nitrogens with zero attached hydrogens (tertiary/aromatic N) is 2. The molecule has 0 aromatic heterocycles. The van der Waals surface area contributed by atoms with Gasteiger partial charge < -0.3 is 10.0 Å². The molecule has 2 aliphatic rings. The summed E-state index contributed by atoms with van der Waals surface area (Å²) in [5.41, 5.74) is 0.478. The summed E-state index contributed by atoms with van der Waals surface area (Å²) in [6, 6.07) is 5.66. The van der Waals surface area contributed by atoms with E-state index >= 15 is 0 Å². The van der Waals surface area contributed by atoms with Crippen molar-refractivity contribution in [2.45, 2.75) is 31.7 Å². The van der Waals surface area contributed by atoms with Crippen LogP contribution in [0.3, 0.4) is 0 Å². The maximum absolute atomic E-state index is 13.3. The smallest absolute Gasteiger partial charge is 0.294 e. The van der Waals surface area contributed by atoms with Crippen LogP contribution < -0.4 is 0 Å². The molecule has 1 aromatic carbocycles. The Balaban J connectivity index is 1.70. The Labute approximate surface area is 161 Å². The molecule has 3 amide bonds. The summed E-state index contributed by atoms with van der Waals surface area (Å²) in [6.07, 6.45) is 4.62. The number of thioether (sulfide) groups is 1. The maximum Gasteiger partial charge on any atom is 0.294 e. The number of hydrogen-bond acceptors (Lipinski definition) is 5. The van der Waals surface area contributed by atoms with Gasteiger partial charge in [-0.05, 0) is 61.2 Å². The van der Waals surface area contributed by atoms with E-state index < -0.39 is 17.0 Å². The Bertz CT molecular complexity index is 781. The van der Waals surface area contributed by atoms with Gasteiger partial charge in [-0.3, -0.25) is 19.3 Å². The lowest BCUT2D eigenvalue weighted by atomic mass is 9.99. The van der Waals surface area contributed by atoms with Crippen molar-refractivity contribution in [3.63, 3.8) is 0 Å². The number of carbonyl (C=O) groups is 3. The minimum absolute atomic E-state index is 0.00754. The number of imide groups is 1. The van der Waals surface area contributed by atoms with Crippen molar-refractivity contribution in [3.05, 3.63) is 40.6 Å². The van der Waals surface area contributed by atoms with Gasteiger partial charge in [0.2, 0.25) is 5.91 Å². The Morgan fingerprint density at radius 3 is 2.89 bits per heavy atom. The van der Waals surface area contributed by atoms with E-state index in [9.17, 15) is 23.9 Å². The Morgan fingerprint density at radius 2 is 2.15 bits per heavy atom. The van der Waals surface area contributed by atoms with Crippen LogP contribution in [0.4, 0.5) is 9.18 Å². The van der Waals surface area contributed by atoms with Gasteiger partial charge in [-0.15, -0.1) is 0 Å². The SMILES string of the molecule is O=C1S/C(=C\c2cccc(F)c2)C(=O)N1CC(=O)N1CCCCC1CCO. The summed E-state index contributed by atoms with van der Waals surface area (Å²) in [7, 11) is 0. The van der Waals surface area contributed by atoms with Crippen LogP contribution in [0.5, 0.6) is 0 Å². The van der Waals surface area contributed by atoms with Crippen molar-refractivity contribution in [2.24, 2.45) is 0 Å². The van der Waals surface area contributed by atoms with Gasteiger partial charge in [0.1, 0.15) is 12.4 Å². The number of piperidine rings is 1. The first-order valence-electron chi connectivity index (χ1n) is 8.91. The fourth-order valence-corrected chi connectivity index (χ4v) is 4.23. The zero-order valence-electron chi connectivity index (χ0n) is 14.8. The quantitative estimate of drug-likeness (QED) is 0.780. The van der Waals surface area contributed by atoms with E-state index in [-0.39, 0.29) is 30.0 Å². The van der Waals surface area contributed by atoms with Crippen molar-refractivity contribution in [3.8, 4) is 0 Å². The van der Waals surface area contributed by atoms with Gasteiger partial charge in [-0.1, -0.05) is 12.1 Å². The van der Waals surface area contributed by atoms with E-state index in [1.807, 2.05) is 0 Å². The second-order valence-corrected chi connectivity index (χ2v) is 7.57. The zero-order valence-corrected chi connectivity index (χ0v) is 15.6. The average molecular weight is 392 g/mol. The number of rotatable bonds is 5. The minimum atomic E-state index is -0.543. The van der Waals surface area contributed by atoms with Crippen molar-refractivity contribution in [1.29, 1.82) is 0 Å². The number of amides is 3. The molecule has 1 aromatic rings. The van der Waals surface area contributed by atoms with E-state index in [0.29, 0.717) is 18.5 Å². The van der Waals surface area contributed by atoms with Crippen LogP contribution >= 0.6 is 11.8 Å². The lowest BCUT2D eigenvalue weighted by molar-refractivity contribution is -0.139. The lowest BCUT2D eigenvalue weighted by Gasteiger charge is -2.36. The molecule has 6 nitrogen and oxygen atoms in total. The molecule has 1 atom stereocenters. The van der Waals surface area contributed by atoms with Crippen molar-refractivity contribution >= 4 is 34.9 Å². The normalized spacial score (nSPS) is 22.0. The third kappa shape index (κ3) is 4.56. The molecule has 0 saturated carbocycles. The second-order valence-electron chi connectivity index (χ2n) is 6.57. The van der Waals surface area contributed by atoms with Gasteiger partial charge in [0.05, 0.1) is 4.91 Å². The first kappa shape index (κ1) is 19.6. The number of halogens is 1. The highest BCUT2D eigenvalue weighted by atomic mass is 32.2. The van der Waals surface area contributed by atoms with Crippen molar-refractivity contribution in [1.82, 2.24) is 9.80 Å². The summed E-state index contributed by atoms with van der Waals surface area (Å²) in [5, 5.41) is 8.68. The highest BCUT2D eigenvalue weighted by molar-refractivity contribution is 8.18. The maximum atomic E-state index is 13.3. The molecule has 1 N–H and O–H groups in total. The van der Waals surface area contributed by atoms with E-state index in [2.05, 4.69) is 0 Å². The molecule has 3 rings (SSSR count). The average Bonchev–Trinajstić information content (AvgIpc) is 2.90. The monoisotopic (exact) mass is 392 g/mol. The topological polar surface area (TPSA) is 77.9 Å². The van der Waals surface area contributed by atoms with Crippen LogP contribution in [0, 0.1) is 5.82 Å². The molecule has 0 aliphatic carbocycles. The minimum Gasteiger partial charge on any atom is -0.396 e. The number of likely N-dealkylation sites (tertiary alicyclic amines) is 1. The summed E-state index contributed by atoms with van der Waals surface area (Å²) < 4.78 is 13.3. The molecule has 8 heteroatoms. The van der Waals surface area contributed by atoms with Gasteiger partial charge in [0, 0.05) is 19.2 Å². The van der Waals surface area contributed by atoms with Crippen LogP contribution in [0.1, 0.15) is 31.2 Å². The van der Waals surface area contributed by atoms with Gasteiger partial charge in [0.15, 0.2) is 0 Å².